The van der Waals surface area contributed by atoms with Crippen molar-refractivity contribution in [2.24, 2.45) is 0 Å². The predicted molar refractivity (Wildman–Crippen MR) is 279 cm³/mol. The van der Waals surface area contributed by atoms with Gasteiger partial charge >= 0.3 is 25.7 Å². The average molecular weight is 983 g/mol. The molecule has 0 saturated carbocycles. The molecule has 0 rings (SSSR count). The number of phosphoric ester groups is 1. The van der Waals surface area contributed by atoms with Gasteiger partial charge in [-0.3, -0.25) is 23.4 Å². The molecule has 11 nitrogen and oxygen atoms in total. The molecule has 0 amide bonds. The molecule has 3 atom stereocenters. The van der Waals surface area contributed by atoms with Crippen LogP contribution in [0.3, 0.4) is 0 Å². The number of carbonyl (C=O) groups is 3. The van der Waals surface area contributed by atoms with Crippen LogP contribution in [-0.2, 0) is 42.2 Å². The van der Waals surface area contributed by atoms with E-state index in [1.165, 1.54) is 116 Å². The Balaban J connectivity index is 4.73. The summed E-state index contributed by atoms with van der Waals surface area (Å²) in [5.74, 6) is -1.47. The van der Waals surface area contributed by atoms with Crippen LogP contribution in [0.25, 0.3) is 0 Å². The Bertz CT molecular complexity index is 1280. The van der Waals surface area contributed by atoms with E-state index >= 15 is 0 Å². The first-order valence-corrected chi connectivity index (χ1v) is 29.4. The van der Waals surface area contributed by atoms with Crippen LogP contribution in [0.2, 0.25) is 0 Å². The molecule has 0 bridgehead atoms. The van der Waals surface area contributed by atoms with Gasteiger partial charge in [-0.15, -0.1) is 0 Å². The monoisotopic (exact) mass is 983 g/mol. The number of hydrogen-bond donors (Lipinski definition) is 2. The predicted octanol–water partition coefficient (Wildman–Crippen LogP) is 16.0. The molecule has 12 heteroatoms. The van der Waals surface area contributed by atoms with Crippen LogP contribution in [0, 0.1) is 0 Å². The third kappa shape index (κ3) is 48.7. The second-order valence-electron chi connectivity index (χ2n) is 18.7. The maximum atomic E-state index is 12.9. The fraction of sp³-hybridized carbons (Fsp3) is 0.839. The average Bonchev–Trinajstić information content (AvgIpc) is 3.32. The molecule has 68 heavy (non-hydrogen) atoms. The van der Waals surface area contributed by atoms with Gasteiger partial charge in [0.25, 0.3) is 0 Å². The summed E-state index contributed by atoms with van der Waals surface area (Å²) in [4.78, 5) is 48.4. The smallest absolute Gasteiger partial charge is 0.462 e. The van der Waals surface area contributed by atoms with E-state index in [9.17, 15) is 28.9 Å². The van der Waals surface area contributed by atoms with Crippen LogP contribution in [0.5, 0.6) is 0 Å². The third-order valence-corrected chi connectivity index (χ3v) is 13.0. The second-order valence-corrected chi connectivity index (χ2v) is 20.2. The summed E-state index contributed by atoms with van der Waals surface area (Å²) < 4.78 is 39.4. The molecule has 0 spiro atoms. The number of esters is 3. The zero-order valence-corrected chi connectivity index (χ0v) is 44.7. The van der Waals surface area contributed by atoms with Crippen LogP contribution < -0.4 is 0 Å². The Labute approximate surface area is 416 Å². The first kappa shape index (κ1) is 65.7. The molecular weight excluding hydrogens is 880 g/mol. The summed E-state index contributed by atoms with van der Waals surface area (Å²) in [6.45, 7) is 4.53. The molecule has 0 aromatic heterocycles. The zero-order chi connectivity index (χ0) is 49.9. The first-order chi connectivity index (χ1) is 33.2. The van der Waals surface area contributed by atoms with Crippen molar-refractivity contribution in [3.8, 4) is 0 Å². The molecule has 3 unspecified atom stereocenters. The third-order valence-electron chi connectivity index (χ3n) is 12.1. The second kappa shape index (κ2) is 51.1. The molecular formula is C56H103O11P. The quantitative estimate of drug-likeness (QED) is 0.0197. The van der Waals surface area contributed by atoms with Crippen molar-refractivity contribution >= 4 is 25.7 Å². The van der Waals surface area contributed by atoms with E-state index in [0.29, 0.717) is 19.3 Å². The van der Waals surface area contributed by atoms with Crippen molar-refractivity contribution in [1.82, 2.24) is 0 Å². The van der Waals surface area contributed by atoms with Gasteiger partial charge < -0.3 is 24.2 Å². The number of aliphatic hydroxyl groups is 1. The first-order valence-electron chi connectivity index (χ1n) is 27.9. The van der Waals surface area contributed by atoms with E-state index < -0.39 is 57.8 Å². The molecule has 0 aliphatic rings. The normalized spacial score (nSPS) is 13.7. The van der Waals surface area contributed by atoms with Crippen LogP contribution in [0.1, 0.15) is 265 Å². The minimum atomic E-state index is -4.74. The van der Waals surface area contributed by atoms with Gasteiger partial charge in [0.2, 0.25) is 0 Å². The van der Waals surface area contributed by atoms with Crippen molar-refractivity contribution in [3.05, 3.63) is 36.5 Å². The molecule has 0 aromatic carbocycles. The highest BCUT2D eigenvalue weighted by atomic mass is 31.2. The molecule has 2 N–H and O–H groups in total. The molecule has 0 aliphatic heterocycles. The van der Waals surface area contributed by atoms with E-state index in [4.69, 9.17) is 23.3 Å². The number of ether oxygens (including phenoxy) is 3. The number of allylic oxidation sites excluding steroid dienone is 6. The lowest BCUT2D eigenvalue weighted by Gasteiger charge is -2.21. The summed E-state index contributed by atoms with van der Waals surface area (Å²) in [6.07, 6.45) is 51.0. The van der Waals surface area contributed by atoms with Crippen LogP contribution >= 0.6 is 7.82 Å². The van der Waals surface area contributed by atoms with Crippen molar-refractivity contribution in [3.63, 3.8) is 0 Å². The van der Waals surface area contributed by atoms with Gasteiger partial charge in [0.1, 0.15) is 12.7 Å². The largest absolute Gasteiger partial charge is 0.472 e. The van der Waals surface area contributed by atoms with Crippen molar-refractivity contribution in [1.29, 1.82) is 0 Å². The van der Waals surface area contributed by atoms with Gasteiger partial charge in [0, 0.05) is 19.3 Å². The van der Waals surface area contributed by atoms with Crippen molar-refractivity contribution in [2.75, 3.05) is 26.4 Å². The molecule has 0 radical (unpaired) electrons. The number of aliphatic hydroxyl groups excluding tert-OH is 1. The maximum absolute atomic E-state index is 12.9. The molecule has 0 aliphatic carbocycles. The number of phosphoric acid groups is 1. The molecule has 0 saturated heterocycles. The number of hydrogen-bond acceptors (Lipinski definition) is 10. The van der Waals surface area contributed by atoms with Gasteiger partial charge in [-0.1, -0.05) is 231 Å². The lowest BCUT2D eigenvalue weighted by Crippen LogP contribution is -2.30. The van der Waals surface area contributed by atoms with Crippen LogP contribution in [-0.4, -0.2) is 66.5 Å². The van der Waals surface area contributed by atoms with Crippen molar-refractivity contribution in [2.45, 2.75) is 277 Å². The zero-order valence-electron chi connectivity index (χ0n) is 43.8. The Morgan fingerprint density at radius 2 is 0.765 bits per heavy atom. The molecule has 0 fully saturated rings. The summed E-state index contributed by atoms with van der Waals surface area (Å²) in [7, 11) is -4.74. The molecule has 0 heterocycles. The highest BCUT2D eigenvalue weighted by Gasteiger charge is 2.28. The topological polar surface area (TPSA) is 155 Å². The van der Waals surface area contributed by atoms with Gasteiger partial charge in [0.05, 0.1) is 19.8 Å². The van der Waals surface area contributed by atoms with E-state index in [-0.39, 0.29) is 25.9 Å². The van der Waals surface area contributed by atoms with Gasteiger partial charge in [0.15, 0.2) is 6.10 Å². The number of rotatable bonds is 52. The lowest BCUT2D eigenvalue weighted by molar-refractivity contribution is -0.161. The minimum Gasteiger partial charge on any atom is -0.462 e. The summed E-state index contributed by atoms with van der Waals surface area (Å²) in [5.41, 5.74) is 0. The standard InChI is InChI=1S/C56H103O11P/c1-4-7-10-13-16-19-22-24-26-28-31-33-36-39-42-45-54(58)63-49-53(67-56(60)47-44-41-38-35-32-29-27-25-23-20-17-14-11-8-5-2)51-65-68(61,62)64-50-52(48-57)66-55(59)46-43-40-37-34-30-21-18-15-12-9-6-3/h7,10,16,19,24,26,52-53,57H,4-6,8-9,11-15,17-18,20-23,25,27-51H2,1-3H3,(H,61,62)/b10-7-,19-16-,26-24-. The highest BCUT2D eigenvalue weighted by molar-refractivity contribution is 7.47. The van der Waals surface area contributed by atoms with Gasteiger partial charge in [-0.2, -0.15) is 0 Å². The number of unbranched alkanes of at least 4 members (excludes halogenated alkanes) is 29. The fourth-order valence-electron chi connectivity index (χ4n) is 7.84. The van der Waals surface area contributed by atoms with E-state index in [2.05, 4.69) is 57.2 Å². The lowest BCUT2D eigenvalue weighted by atomic mass is 10.0. The van der Waals surface area contributed by atoms with E-state index in [1.807, 2.05) is 0 Å². The van der Waals surface area contributed by atoms with Gasteiger partial charge in [-0.05, 0) is 51.4 Å². The minimum absolute atomic E-state index is 0.169. The maximum Gasteiger partial charge on any atom is 0.472 e. The Morgan fingerprint density at radius 3 is 1.18 bits per heavy atom. The highest BCUT2D eigenvalue weighted by Crippen LogP contribution is 2.43. The fourth-order valence-corrected chi connectivity index (χ4v) is 8.63. The molecule has 0 aromatic rings. The van der Waals surface area contributed by atoms with E-state index in [1.54, 1.807) is 0 Å². The summed E-state index contributed by atoms with van der Waals surface area (Å²) >= 11 is 0. The van der Waals surface area contributed by atoms with E-state index in [0.717, 1.165) is 89.9 Å². The Kier molecular flexibility index (Phi) is 49.3. The van der Waals surface area contributed by atoms with Crippen molar-refractivity contribution < 1.29 is 52.2 Å². The van der Waals surface area contributed by atoms with Crippen LogP contribution in [0.15, 0.2) is 36.5 Å². The Morgan fingerprint density at radius 1 is 0.426 bits per heavy atom. The summed E-state index contributed by atoms with van der Waals surface area (Å²) in [5, 5.41) is 9.78. The van der Waals surface area contributed by atoms with Crippen LogP contribution in [0.4, 0.5) is 0 Å². The summed E-state index contributed by atoms with van der Waals surface area (Å²) in [6, 6.07) is 0. The molecule has 398 valence electrons. The SMILES string of the molecule is CC/C=C\C/C=C\C/C=C\CCCCCCCC(=O)OCC(COP(=O)(O)OCC(CO)OC(=O)CCCCCCCCCCCCC)OC(=O)CCCCCCCCCCCCCCCCC. The van der Waals surface area contributed by atoms with Gasteiger partial charge in [-0.25, -0.2) is 4.57 Å². The number of carbonyl (C=O) groups excluding carboxylic acids is 3. The Hall–Kier alpha value is -2.30.